The molecule has 2 N–H and O–H groups in total. The van der Waals surface area contributed by atoms with Gasteiger partial charge in [0.15, 0.2) is 0 Å². The van der Waals surface area contributed by atoms with Crippen LogP contribution in [0.3, 0.4) is 0 Å². The van der Waals surface area contributed by atoms with Crippen molar-refractivity contribution < 1.29 is 17.6 Å². The number of halogens is 2. The van der Waals surface area contributed by atoms with Crippen molar-refractivity contribution in [3.63, 3.8) is 0 Å². The van der Waals surface area contributed by atoms with Crippen molar-refractivity contribution in [2.75, 3.05) is 25.0 Å². The third-order valence-corrected chi connectivity index (χ3v) is 7.12. The first-order chi connectivity index (χ1) is 13.3. The molecule has 150 valence electrons. The minimum Gasteiger partial charge on any atom is -0.325 e. The Morgan fingerprint density at radius 1 is 1.11 bits per heavy atom. The lowest BCUT2D eigenvalue weighted by atomic mass is 9.97. The van der Waals surface area contributed by atoms with Crippen LogP contribution in [0.4, 0.5) is 14.9 Å². The molecule has 1 saturated heterocycles. The van der Waals surface area contributed by atoms with E-state index in [1.54, 1.807) is 29.2 Å². The lowest BCUT2D eigenvalue weighted by Crippen LogP contribution is -2.43. The molecule has 0 radical (unpaired) electrons. The van der Waals surface area contributed by atoms with E-state index in [1.165, 1.54) is 24.3 Å². The van der Waals surface area contributed by atoms with Gasteiger partial charge in [-0.3, -0.25) is 0 Å². The summed E-state index contributed by atoms with van der Waals surface area (Å²) in [5.74, 6) is -0.198. The number of piperidine rings is 1. The SMILES string of the molecule is O=C(Nc1ccc(F)cc1)N1CCC(CNS(=O)(=O)c2ccccc2Br)CC1. The second-order valence-corrected chi connectivity index (χ2v) is 9.24. The van der Waals surface area contributed by atoms with E-state index in [1.807, 2.05) is 0 Å². The minimum atomic E-state index is -3.58. The third kappa shape index (κ3) is 5.30. The first-order valence-corrected chi connectivity index (χ1v) is 11.2. The molecule has 0 aromatic heterocycles. The highest BCUT2D eigenvalue weighted by Gasteiger charge is 2.25. The Morgan fingerprint density at radius 2 is 1.75 bits per heavy atom. The number of urea groups is 1. The zero-order chi connectivity index (χ0) is 20.1. The van der Waals surface area contributed by atoms with Crippen LogP contribution in [-0.2, 0) is 10.0 Å². The molecule has 1 fully saturated rings. The summed E-state index contributed by atoms with van der Waals surface area (Å²) in [6.45, 7) is 1.40. The van der Waals surface area contributed by atoms with Gasteiger partial charge in [-0.2, -0.15) is 0 Å². The summed E-state index contributed by atoms with van der Waals surface area (Å²) in [5.41, 5.74) is 0.537. The molecule has 0 bridgehead atoms. The summed E-state index contributed by atoms with van der Waals surface area (Å²) in [6, 6.07) is 12.0. The molecule has 2 aromatic rings. The molecule has 6 nitrogen and oxygen atoms in total. The first kappa shape index (κ1) is 20.8. The summed E-state index contributed by atoms with van der Waals surface area (Å²) in [7, 11) is -3.58. The standard InChI is InChI=1S/C19H21BrFN3O3S/c20-17-3-1-2-4-18(17)28(26,27)22-13-14-9-11-24(12-10-14)19(25)23-16-7-5-15(21)6-8-16/h1-8,14,22H,9-13H2,(H,23,25). The molecule has 0 atom stereocenters. The summed E-state index contributed by atoms with van der Waals surface area (Å²) in [6.07, 6.45) is 1.41. The number of carbonyl (C=O) groups is 1. The topological polar surface area (TPSA) is 78.5 Å². The first-order valence-electron chi connectivity index (χ1n) is 8.91. The molecule has 1 heterocycles. The molecule has 0 unspecified atom stereocenters. The average Bonchev–Trinajstić information content (AvgIpc) is 2.69. The number of likely N-dealkylation sites (tertiary alicyclic amines) is 1. The highest BCUT2D eigenvalue weighted by atomic mass is 79.9. The second-order valence-electron chi connectivity index (χ2n) is 6.65. The van der Waals surface area contributed by atoms with Crippen molar-refractivity contribution in [1.29, 1.82) is 0 Å². The van der Waals surface area contributed by atoms with E-state index in [0.717, 1.165) is 0 Å². The van der Waals surface area contributed by atoms with E-state index in [-0.39, 0.29) is 22.7 Å². The monoisotopic (exact) mass is 469 g/mol. The Morgan fingerprint density at radius 3 is 2.39 bits per heavy atom. The van der Waals surface area contributed by atoms with Crippen molar-refractivity contribution in [3.05, 3.63) is 58.8 Å². The summed E-state index contributed by atoms with van der Waals surface area (Å²) >= 11 is 3.26. The lowest BCUT2D eigenvalue weighted by Gasteiger charge is -2.32. The maximum Gasteiger partial charge on any atom is 0.321 e. The predicted octanol–water partition coefficient (Wildman–Crippen LogP) is 3.81. The van der Waals surface area contributed by atoms with E-state index in [2.05, 4.69) is 26.0 Å². The molecule has 28 heavy (non-hydrogen) atoms. The molecule has 0 aliphatic carbocycles. The number of hydrogen-bond acceptors (Lipinski definition) is 3. The smallest absolute Gasteiger partial charge is 0.321 e. The van der Waals surface area contributed by atoms with Crippen LogP contribution in [0.5, 0.6) is 0 Å². The van der Waals surface area contributed by atoms with E-state index >= 15 is 0 Å². The highest BCUT2D eigenvalue weighted by Crippen LogP contribution is 2.22. The fourth-order valence-electron chi connectivity index (χ4n) is 3.04. The van der Waals surface area contributed by atoms with Gasteiger partial charge in [0.2, 0.25) is 10.0 Å². The number of hydrogen-bond donors (Lipinski definition) is 2. The molecule has 0 saturated carbocycles. The number of anilines is 1. The maximum absolute atomic E-state index is 12.9. The largest absolute Gasteiger partial charge is 0.325 e. The van der Waals surface area contributed by atoms with Gasteiger partial charge in [-0.15, -0.1) is 0 Å². The fourth-order valence-corrected chi connectivity index (χ4v) is 5.16. The van der Waals surface area contributed by atoms with Crippen molar-refractivity contribution in [2.24, 2.45) is 5.92 Å². The Balaban J connectivity index is 1.48. The predicted molar refractivity (Wildman–Crippen MR) is 109 cm³/mol. The number of nitrogens with one attached hydrogen (secondary N) is 2. The van der Waals surface area contributed by atoms with Crippen LogP contribution in [0.15, 0.2) is 57.9 Å². The number of amides is 2. The van der Waals surface area contributed by atoms with Crippen LogP contribution in [0.1, 0.15) is 12.8 Å². The zero-order valence-corrected chi connectivity index (χ0v) is 17.5. The zero-order valence-electron chi connectivity index (χ0n) is 15.1. The maximum atomic E-state index is 12.9. The molecule has 2 amide bonds. The molecule has 2 aromatic carbocycles. The number of carbonyl (C=O) groups excluding carboxylic acids is 1. The van der Waals surface area contributed by atoms with Gasteiger partial charge in [0, 0.05) is 29.8 Å². The normalized spacial score (nSPS) is 15.4. The average molecular weight is 470 g/mol. The molecule has 3 rings (SSSR count). The molecule has 1 aliphatic heterocycles. The highest BCUT2D eigenvalue weighted by molar-refractivity contribution is 9.10. The van der Waals surface area contributed by atoms with Gasteiger partial charge in [0.1, 0.15) is 5.82 Å². The van der Waals surface area contributed by atoms with Gasteiger partial charge in [-0.1, -0.05) is 12.1 Å². The Labute approximate surface area is 172 Å². The van der Waals surface area contributed by atoms with Crippen molar-refractivity contribution >= 4 is 37.7 Å². The Kier molecular flexibility index (Phi) is 6.69. The minimum absolute atomic E-state index is 0.159. The Hall–Kier alpha value is -1.97. The van der Waals surface area contributed by atoms with E-state index < -0.39 is 10.0 Å². The van der Waals surface area contributed by atoms with Crippen LogP contribution in [0, 0.1) is 11.7 Å². The summed E-state index contributed by atoms with van der Waals surface area (Å²) in [4.78, 5) is 14.2. The van der Waals surface area contributed by atoms with Gasteiger partial charge in [0.25, 0.3) is 0 Å². The number of sulfonamides is 1. The van der Waals surface area contributed by atoms with Crippen LogP contribution in [0.2, 0.25) is 0 Å². The van der Waals surface area contributed by atoms with E-state index in [0.29, 0.717) is 42.6 Å². The number of benzene rings is 2. The van der Waals surface area contributed by atoms with Crippen molar-refractivity contribution in [3.8, 4) is 0 Å². The van der Waals surface area contributed by atoms with E-state index in [9.17, 15) is 17.6 Å². The quantitative estimate of drug-likeness (QED) is 0.698. The van der Waals surface area contributed by atoms with Gasteiger partial charge in [0.05, 0.1) is 4.90 Å². The van der Waals surface area contributed by atoms with Gasteiger partial charge < -0.3 is 10.2 Å². The molecular weight excluding hydrogens is 449 g/mol. The van der Waals surface area contributed by atoms with E-state index in [4.69, 9.17) is 0 Å². The molecule has 0 spiro atoms. The number of nitrogens with zero attached hydrogens (tertiary/aromatic N) is 1. The van der Waals surface area contributed by atoms with Crippen LogP contribution >= 0.6 is 15.9 Å². The second kappa shape index (κ2) is 9.02. The third-order valence-electron chi connectivity index (χ3n) is 4.69. The van der Waals surface area contributed by atoms with Crippen LogP contribution in [-0.4, -0.2) is 39.0 Å². The lowest BCUT2D eigenvalue weighted by molar-refractivity contribution is 0.183. The van der Waals surface area contributed by atoms with Crippen LogP contribution < -0.4 is 10.0 Å². The molecule has 1 aliphatic rings. The Bertz CT molecular complexity index is 930. The fraction of sp³-hybridized carbons (Fsp3) is 0.316. The van der Waals surface area contributed by atoms with Crippen molar-refractivity contribution in [1.82, 2.24) is 9.62 Å². The summed E-state index contributed by atoms with van der Waals surface area (Å²) < 4.78 is 41.0. The van der Waals surface area contributed by atoms with Gasteiger partial charge >= 0.3 is 6.03 Å². The van der Waals surface area contributed by atoms with Crippen LogP contribution in [0.25, 0.3) is 0 Å². The molecular formula is C19H21BrFN3O3S. The number of rotatable bonds is 5. The van der Waals surface area contributed by atoms with Crippen molar-refractivity contribution in [2.45, 2.75) is 17.7 Å². The molecule has 9 heteroatoms. The summed E-state index contributed by atoms with van der Waals surface area (Å²) in [5, 5.41) is 2.74. The van der Waals surface area contributed by atoms with Gasteiger partial charge in [-0.25, -0.2) is 22.3 Å². The van der Waals surface area contributed by atoms with Gasteiger partial charge in [-0.05, 0) is 71.1 Å².